The van der Waals surface area contributed by atoms with Crippen molar-refractivity contribution in [1.29, 1.82) is 0 Å². The van der Waals surface area contributed by atoms with E-state index in [1.807, 2.05) is 0 Å². The van der Waals surface area contributed by atoms with E-state index in [9.17, 15) is 4.79 Å². The topological polar surface area (TPSA) is 44.4 Å². The second kappa shape index (κ2) is 6.97. The minimum atomic E-state index is 0.110. The van der Waals surface area contributed by atoms with Gasteiger partial charge in [-0.3, -0.25) is 4.79 Å². The Morgan fingerprint density at radius 2 is 1.94 bits per heavy atom. The van der Waals surface area contributed by atoms with Crippen LogP contribution < -0.4 is 10.6 Å². The quantitative estimate of drug-likeness (QED) is 0.698. The fraction of sp³-hybridized carbons (Fsp3) is 0.923. The molecule has 0 aromatic carbocycles. The van der Waals surface area contributed by atoms with Gasteiger partial charge in [0.2, 0.25) is 5.91 Å². The van der Waals surface area contributed by atoms with Gasteiger partial charge < -0.3 is 15.5 Å². The number of nitrogens with one attached hydrogen (secondary N) is 2. The fourth-order valence-electron chi connectivity index (χ4n) is 2.55. The van der Waals surface area contributed by atoms with E-state index in [0.717, 1.165) is 19.5 Å². The van der Waals surface area contributed by atoms with Crippen LogP contribution in [-0.4, -0.2) is 50.1 Å². The summed E-state index contributed by atoms with van der Waals surface area (Å²) in [6.45, 7) is 4.20. The van der Waals surface area contributed by atoms with Crippen LogP contribution in [0.5, 0.6) is 0 Å². The van der Waals surface area contributed by atoms with Gasteiger partial charge in [0.25, 0.3) is 0 Å². The number of amides is 1. The molecule has 1 rings (SSSR count). The Kier molecular flexibility index (Phi) is 5.92. The highest BCUT2D eigenvalue weighted by Crippen LogP contribution is 2.32. The molecule has 0 unspecified atom stereocenters. The number of hydrogen-bond donors (Lipinski definition) is 2. The molecule has 0 aromatic rings. The SMILES string of the molecule is CCCNC(=O)CNCC1(N(C)C)CCCC1. The average Bonchev–Trinajstić information content (AvgIpc) is 2.76. The molecular weight excluding hydrogens is 214 g/mol. The van der Waals surface area contributed by atoms with Crippen molar-refractivity contribution in [2.45, 2.75) is 44.6 Å². The van der Waals surface area contributed by atoms with Crippen molar-refractivity contribution in [2.24, 2.45) is 0 Å². The van der Waals surface area contributed by atoms with Crippen LogP contribution in [0.4, 0.5) is 0 Å². The van der Waals surface area contributed by atoms with E-state index in [4.69, 9.17) is 0 Å². The molecule has 100 valence electrons. The maximum absolute atomic E-state index is 11.5. The predicted octanol–water partition coefficient (Wildman–Crippen LogP) is 0.977. The van der Waals surface area contributed by atoms with Gasteiger partial charge in [0.05, 0.1) is 6.54 Å². The summed E-state index contributed by atoms with van der Waals surface area (Å²) in [6.07, 6.45) is 6.09. The van der Waals surface area contributed by atoms with Gasteiger partial charge in [0.1, 0.15) is 0 Å². The number of carbonyl (C=O) groups excluding carboxylic acids is 1. The molecule has 0 aliphatic heterocycles. The molecule has 17 heavy (non-hydrogen) atoms. The predicted molar refractivity (Wildman–Crippen MR) is 71.1 cm³/mol. The van der Waals surface area contributed by atoms with Gasteiger partial charge in [-0.1, -0.05) is 19.8 Å². The summed E-state index contributed by atoms with van der Waals surface area (Å²) in [5, 5.41) is 6.19. The van der Waals surface area contributed by atoms with Crippen LogP contribution in [0.2, 0.25) is 0 Å². The van der Waals surface area contributed by atoms with E-state index >= 15 is 0 Å². The fourth-order valence-corrected chi connectivity index (χ4v) is 2.55. The molecule has 0 heterocycles. The second-order valence-corrected chi connectivity index (χ2v) is 5.28. The third-order valence-electron chi connectivity index (χ3n) is 3.79. The molecule has 0 spiro atoms. The van der Waals surface area contributed by atoms with Crippen molar-refractivity contribution in [2.75, 3.05) is 33.7 Å². The van der Waals surface area contributed by atoms with E-state index in [2.05, 4.69) is 36.6 Å². The van der Waals surface area contributed by atoms with Crippen LogP contribution >= 0.6 is 0 Å². The molecule has 1 saturated carbocycles. The Hall–Kier alpha value is -0.610. The zero-order chi connectivity index (χ0) is 12.7. The van der Waals surface area contributed by atoms with Crippen LogP contribution in [0, 0.1) is 0 Å². The zero-order valence-corrected chi connectivity index (χ0v) is 11.5. The first kappa shape index (κ1) is 14.5. The third kappa shape index (κ3) is 4.28. The monoisotopic (exact) mass is 241 g/mol. The van der Waals surface area contributed by atoms with Crippen LogP contribution in [0.3, 0.4) is 0 Å². The Bertz CT molecular complexity index is 235. The molecule has 4 nitrogen and oxygen atoms in total. The number of nitrogens with zero attached hydrogens (tertiary/aromatic N) is 1. The molecule has 2 N–H and O–H groups in total. The first-order chi connectivity index (χ1) is 8.10. The van der Waals surface area contributed by atoms with Crippen LogP contribution in [0.25, 0.3) is 0 Å². The second-order valence-electron chi connectivity index (χ2n) is 5.28. The smallest absolute Gasteiger partial charge is 0.233 e. The highest BCUT2D eigenvalue weighted by atomic mass is 16.1. The van der Waals surface area contributed by atoms with Crippen LogP contribution in [-0.2, 0) is 4.79 Å². The maximum Gasteiger partial charge on any atom is 0.233 e. The third-order valence-corrected chi connectivity index (χ3v) is 3.79. The summed E-state index contributed by atoms with van der Waals surface area (Å²) in [5.41, 5.74) is 0.269. The first-order valence-corrected chi connectivity index (χ1v) is 6.75. The van der Waals surface area contributed by atoms with E-state index in [0.29, 0.717) is 6.54 Å². The van der Waals surface area contributed by atoms with Gasteiger partial charge in [-0.25, -0.2) is 0 Å². The number of rotatable bonds is 7. The summed E-state index contributed by atoms with van der Waals surface area (Å²) in [7, 11) is 4.29. The normalized spacial score (nSPS) is 18.6. The Morgan fingerprint density at radius 1 is 1.29 bits per heavy atom. The van der Waals surface area contributed by atoms with Crippen molar-refractivity contribution < 1.29 is 4.79 Å². The molecule has 1 fully saturated rings. The molecule has 1 aliphatic carbocycles. The van der Waals surface area contributed by atoms with Crippen molar-refractivity contribution in [1.82, 2.24) is 15.5 Å². The van der Waals surface area contributed by atoms with Gasteiger partial charge in [-0.2, -0.15) is 0 Å². The lowest BCUT2D eigenvalue weighted by molar-refractivity contribution is -0.120. The highest BCUT2D eigenvalue weighted by molar-refractivity contribution is 5.77. The maximum atomic E-state index is 11.5. The Labute approximate surface area is 105 Å². The van der Waals surface area contributed by atoms with Gasteiger partial charge in [0.15, 0.2) is 0 Å². The van der Waals surface area contributed by atoms with E-state index in [-0.39, 0.29) is 11.4 Å². The van der Waals surface area contributed by atoms with Crippen molar-refractivity contribution in [3.05, 3.63) is 0 Å². The van der Waals surface area contributed by atoms with E-state index < -0.39 is 0 Å². The Balaban J connectivity index is 2.26. The molecule has 1 aliphatic rings. The summed E-state index contributed by atoms with van der Waals surface area (Å²) in [6, 6.07) is 0. The molecule has 0 radical (unpaired) electrons. The summed E-state index contributed by atoms with van der Waals surface area (Å²) in [4.78, 5) is 13.8. The minimum Gasteiger partial charge on any atom is -0.355 e. The van der Waals surface area contributed by atoms with Crippen molar-refractivity contribution in [3.63, 3.8) is 0 Å². The molecule has 0 aromatic heterocycles. The minimum absolute atomic E-state index is 0.110. The van der Waals surface area contributed by atoms with Gasteiger partial charge in [-0.05, 0) is 33.4 Å². The standard InChI is InChI=1S/C13H27N3O/c1-4-9-15-12(17)10-14-11-13(16(2)3)7-5-6-8-13/h14H,4-11H2,1-3H3,(H,15,17). The highest BCUT2D eigenvalue weighted by Gasteiger charge is 2.35. The number of likely N-dealkylation sites (N-methyl/N-ethyl adjacent to an activating group) is 1. The molecule has 0 bridgehead atoms. The lowest BCUT2D eigenvalue weighted by atomic mass is 9.96. The molecule has 0 saturated heterocycles. The average molecular weight is 241 g/mol. The van der Waals surface area contributed by atoms with E-state index in [1.165, 1.54) is 25.7 Å². The molecular formula is C13H27N3O. The Morgan fingerprint density at radius 3 is 2.47 bits per heavy atom. The summed E-state index contributed by atoms with van der Waals surface area (Å²) in [5.74, 6) is 0.110. The zero-order valence-electron chi connectivity index (χ0n) is 11.5. The number of carbonyl (C=O) groups is 1. The summed E-state index contributed by atoms with van der Waals surface area (Å²) >= 11 is 0. The lowest BCUT2D eigenvalue weighted by Crippen LogP contribution is -2.51. The van der Waals surface area contributed by atoms with E-state index in [1.54, 1.807) is 0 Å². The van der Waals surface area contributed by atoms with Crippen LogP contribution in [0.15, 0.2) is 0 Å². The van der Waals surface area contributed by atoms with Crippen molar-refractivity contribution >= 4 is 5.91 Å². The largest absolute Gasteiger partial charge is 0.355 e. The lowest BCUT2D eigenvalue weighted by Gasteiger charge is -2.36. The van der Waals surface area contributed by atoms with Gasteiger partial charge in [-0.15, -0.1) is 0 Å². The van der Waals surface area contributed by atoms with Crippen LogP contribution in [0.1, 0.15) is 39.0 Å². The van der Waals surface area contributed by atoms with Crippen molar-refractivity contribution in [3.8, 4) is 0 Å². The first-order valence-electron chi connectivity index (χ1n) is 6.75. The molecule has 0 atom stereocenters. The van der Waals surface area contributed by atoms with Gasteiger partial charge >= 0.3 is 0 Å². The van der Waals surface area contributed by atoms with Gasteiger partial charge in [0, 0.05) is 18.6 Å². The molecule has 4 heteroatoms. The number of hydrogen-bond acceptors (Lipinski definition) is 3. The summed E-state index contributed by atoms with van der Waals surface area (Å²) < 4.78 is 0. The molecule has 1 amide bonds.